The number of carbonyl (C=O) groups excluding carboxylic acids is 1. The van der Waals surface area contributed by atoms with E-state index in [0.29, 0.717) is 5.56 Å². The number of aryl methyl sites for hydroxylation is 1. The maximum atomic E-state index is 12.5. The molecular weight excluding hydrogens is 328 g/mol. The molecule has 0 aliphatic rings. The van der Waals surface area contributed by atoms with Crippen molar-refractivity contribution in [3.63, 3.8) is 0 Å². The molecular formula is C17H13BrN2O. The number of pyridine rings is 1. The average molecular weight is 341 g/mol. The molecule has 3 nitrogen and oxygen atoms in total. The summed E-state index contributed by atoms with van der Waals surface area (Å²) in [4.78, 5) is 16.7. The lowest BCUT2D eigenvalue weighted by atomic mass is 10.1. The van der Waals surface area contributed by atoms with Crippen LogP contribution in [0.25, 0.3) is 10.9 Å². The van der Waals surface area contributed by atoms with Crippen LogP contribution in [0.1, 0.15) is 15.9 Å². The molecule has 0 bridgehead atoms. The fourth-order valence-corrected chi connectivity index (χ4v) is 2.55. The average Bonchev–Trinajstić information content (AvgIpc) is 2.50. The minimum absolute atomic E-state index is 0.135. The van der Waals surface area contributed by atoms with Gasteiger partial charge in [-0.15, -0.1) is 0 Å². The van der Waals surface area contributed by atoms with E-state index in [4.69, 9.17) is 0 Å². The molecule has 0 aliphatic carbocycles. The van der Waals surface area contributed by atoms with Gasteiger partial charge in [-0.05, 0) is 42.8 Å². The van der Waals surface area contributed by atoms with Gasteiger partial charge >= 0.3 is 0 Å². The van der Waals surface area contributed by atoms with Crippen LogP contribution in [0, 0.1) is 6.92 Å². The van der Waals surface area contributed by atoms with Gasteiger partial charge in [0.25, 0.3) is 5.91 Å². The first-order valence-electron chi connectivity index (χ1n) is 6.56. The van der Waals surface area contributed by atoms with Crippen LogP contribution in [0.5, 0.6) is 0 Å². The largest absolute Gasteiger partial charge is 0.322 e. The number of amides is 1. The van der Waals surface area contributed by atoms with Gasteiger partial charge in [-0.25, -0.2) is 0 Å². The fourth-order valence-electron chi connectivity index (χ4n) is 2.17. The number of carbonyl (C=O) groups is 1. The Kier molecular flexibility index (Phi) is 3.71. The van der Waals surface area contributed by atoms with E-state index in [2.05, 4.69) is 26.2 Å². The quantitative estimate of drug-likeness (QED) is 0.743. The Bertz CT molecular complexity index is 825. The summed E-state index contributed by atoms with van der Waals surface area (Å²) in [7, 11) is 0. The van der Waals surface area contributed by atoms with Crippen LogP contribution in [0.15, 0.2) is 59.2 Å². The van der Waals surface area contributed by atoms with E-state index >= 15 is 0 Å². The van der Waals surface area contributed by atoms with Crippen molar-refractivity contribution in [2.75, 3.05) is 5.32 Å². The number of benzene rings is 2. The Balaban J connectivity index is 1.95. The molecule has 1 N–H and O–H groups in total. The maximum Gasteiger partial charge on any atom is 0.256 e. The summed E-state index contributed by atoms with van der Waals surface area (Å²) in [6.45, 7) is 2.01. The Hall–Kier alpha value is -2.20. The topological polar surface area (TPSA) is 42.0 Å². The molecule has 21 heavy (non-hydrogen) atoms. The molecule has 0 radical (unpaired) electrons. The Labute approximate surface area is 131 Å². The SMILES string of the molecule is Cc1ccc(NC(=O)c2cccc3ncccc23)cc1Br. The van der Waals surface area contributed by atoms with Gasteiger partial charge in [0.2, 0.25) is 0 Å². The highest BCUT2D eigenvalue weighted by atomic mass is 79.9. The summed E-state index contributed by atoms with van der Waals surface area (Å²) >= 11 is 3.47. The number of nitrogens with zero attached hydrogens (tertiary/aromatic N) is 1. The lowest BCUT2D eigenvalue weighted by Gasteiger charge is -2.09. The van der Waals surface area contributed by atoms with E-state index in [0.717, 1.165) is 26.6 Å². The van der Waals surface area contributed by atoms with Crippen LogP contribution in [-0.4, -0.2) is 10.9 Å². The smallest absolute Gasteiger partial charge is 0.256 e. The molecule has 1 amide bonds. The predicted octanol–water partition coefficient (Wildman–Crippen LogP) is 4.56. The molecule has 3 rings (SSSR count). The van der Waals surface area contributed by atoms with Gasteiger partial charge in [0.1, 0.15) is 0 Å². The third-order valence-electron chi connectivity index (χ3n) is 3.32. The Morgan fingerprint density at radius 2 is 2.00 bits per heavy atom. The molecule has 0 aliphatic heterocycles. The summed E-state index contributed by atoms with van der Waals surface area (Å²) in [6.07, 6.45) is 1.72. The summed E-state index contributed by atoms with van der Waals surface area (Å²) in [6, 6.07) is 15.0. The van der Waals surface area contributed by atoms with Crippen LogP contribution in [0.2, 0.25) is 0 Å². The highest BCUT2D eigenvalue weighted by Gasteiger charge is 2.10. The number of fused-ring (bicyclic) bond motifs is 1. The van der Waals surface area contributed by atoms with Crippen LogP contribution in [0.3, 0.4) is 0 Å². The molecule has 3 aromatic rings. The van der Waals surface area contributed by atoms with E-state index in [-0.39, 0.29) is 5.91 Å². The summed E-state index contributed by atoms with van der Waals surface area (Å²) < 4.78 is 0.972. The number of hydrogen-bond donors (Lipinski definition) is 1. The number of nitrogens with one attached hydrogen (secondary N) is 1. The van der Waals surface area contributed by atoms with Gasteiger partial charge in [-0.1, -0.05) is 34.1 Å². The molecule has 0 fully saturated rings. The number of aromatic nitrogens is 1. The number of hydrogen-bond acceptors (Lipinski definition) is 2. The summed E-state index contributed by atoms with van der Waals surface area (Å²) in [5.74, 6) is -0.135. The van der Waals surface area contributed by atoms with E-state index in [9.17, 15) is 4.79 Å². The van der Waals surface area contributed by atoms with Crippen molar-refractivity contribution in [1.82, 2.24) is 4.98 Å². The zero-order valence-corrected chi connectivity index (χ0v) is 13.0. The van der Waals surface area contributed by atoms with Crippen molar-refractivity contribution in [3.05, 3.63) is 70.3 Å². The van der Waals surface area contributed by atoms with Crippen LogP contribution < -0.4 is 5.32 Å². The number of halogens is 1. The third kappa shape index (κ3) is 2.81. The maximum absolute atomic E-state index is 12.5. The lowest BCUT2D eigenvalue weighted by molar-refractivity contribution is 0.102. The van der Waals surface area contributed by atoms with Crippen molar-refractivity contribution in [1.29, 1.82) is 0 Å². The third-order valence-corrected chi connectivity index (χ3v) is 4.17. The highest BCUT2D eigenvalue weighted by Crippen LogP contribution is 2.22. The lowest BCUT2D eigenvalue weighted by Crippen LogP contribution is -2.12. The van der Waals surface area contributed by atoms with E-state index in [1.54, 1.807) is 6.20 Å². The minimum atomic E-state index is -0.135. The minimum Gasteiger partial charge on any atom is -0.322 e. The van der Waals surface area contributed by atoms with Crippen molar-refractivity contribution in [2.24, 2.45) is 0 Å². The molecule has 1 heterocycles. The van der Waals surface area contributed by atoms with Crippen LogP contribution in [0.4, 0.5) is 5.69 Å². The fraction of sp³-hybridized carbons (Fsp3) is 0.0588. The van der Waals surface area contributed by atoms with E-state index in [1.807, 2.05) is 55.5 Å². The molecule has 104 valence electrons. The van der Waals surface area contributed by atoms with Gasteiger partial charge in [-0.2, -0.15) is 0 Å². The molecule has 2 aromatic carbocycles. The molecule has 0 spiro atoms. The standard InChI is InChI=1S/C17H13BrN2O/c1-11-7-8-12(10-15(11)18)20-17(21)14-4-2-6-16-13(14)5-3-9-19-16/h2-10H,1H3,(H,20,21). The van der Waals surface area contributed by atoms with Crippen molar-refractivity contribution >= 4 is 38.4 Å². The van der Waals surface area contributed by atoms with Crippen molar-refractivity contribution in [3.8, 4) is 0 Å². The molecule has 0 unspecified atom stereocenters. The second kappa shape index (κ2) is 5.66. The Morgan fingerprint density at radius 1 is 1.14 bits per heavy atom. The molecule has 0 atom stereocenters. The second-order valence-electron chi connectivity index (χ2n) is 4.79. The molecule has 1 aromatic heterocycles. The first-order valence-corrected chi connectivity index (χ1v) is 7.36. The van der Waals surface area contributed by atoms with Gasteiger partial charge in [-0.3, -0.25) is 9.78 Å². The first kappa shape index (κ1) is 13.8. The van der Waals surface area contributed by atoms with E-state index in [1.165, 1.54) is 0 Å². The van der Waals surface area contributed by atoms with Gasteiger partial charge in [0.05, 0.1) is 5.52 Å². The summed E-state index contributed by atoms with van der Waals surface area (Å²) in [5.41, 5.74) is 3.33. The normalized spacial score (nSPS) is 10.6. The van der Waals surface area contributed by atoms with Crippen molar-refractivity contribution in [2.45, 2.75) is 6.92 Å². The Morgan fingerprint density at radius 3 is 2.81 bits per heavy atom. The predicted molar refractivity (Wildman–Crippen MR) is 88.6 cm³/mol. The zero-order chi connectivity index (χ0) is 14.8. The van der Waals surface area contributed by atoms with E-state index < -0.39 is 0 Å². The molecule has 0 saturated carbocycles. The highest BCUT2D eigenvalue weighted by molar-refractivity contribution is 9.10. The van der Waals surface area contributed by atoms with Gasteiger partial charge < -0.3 is 5.32 Å². The van der Waals surface area contributed by atoms with Crippen LogP contribution in [-0.2, 0) is 0 Å². The number of rotatable bonds is 2. The van der Waals surface area contributed by atoms with Crippen LogP contribution >= 0.6 is 15.9 Å². The first-order chi connectivity index (χ1) is 10.1. The van der Waals surface area contributed by atoms with Crippen molar-refractivity contribution < 1.29 is 4.79 Å². The van der Waals surface area contributed by atoms with Gasteiger partial charge in [0.15, 0.2) is 0 Å². The molecule has 0 saturated heterocycles. The zero-order valence-electron chi connectivity index (χ0n) is 11.4. The molecule has 4 heteroatoms. The second-order valence-corrected chi connectivity index (χ2v) is 5.65. The summed E-state index contributed by atoms with van der Waals surface area (Å²) in [5, 5.41) is 3.77. The number of anilines is 1. The monoisotopic (exact) mass is 340 g/mol. The van der Waals surface area contributed by atoms with Gasteiger partial charge in [0, 0.05) is 27.3 Å².